The van der Waals surface area contributed by atoms with E-state index in [0.717, 1.165) is 11.8 Å². The van der Waals surface area contributed by atoms with Crippen molar-refractivity contribution in [2.24, 2.45) is 0 Å². The zero-order valence-electron chi connectivity index (χ0n) is 22.1. The Balaban J connectivity index is 1.42. The smallest absolute Gasteiger partial charge is 0.223 e. The van der Waals surface area contributed by atoms with Crippen molar-refractivity contribution < 1.29 is 24.1 Å². The van der Waals surface area contributed by atoms with Crippen LogP contribution in [0.15, 0.2) is 31.0 Å². The number of ether oxygens (including phenoxy) is 4. The number of anilines is 2. The highest BCUT2D eigenvalue weighted by molar-refractivity contribution is 6.41. The number of aliphatic hydroxyl groups excluding tert-OH is 1. The minimum Gasteiger partial charge on any atom is -0.495 e. The van der Waals surface area contributed by atoms with Gasteiger partial charge in [0.05, 0.1) is 67.5 Å². The third-order valence-corrected chi connectivity index (χ3v) is 8.19. The summed E-state index contributed by atoms with van der Waals surface area (Å²) in [5, 5.41) is 17.8. The molecule has 4 fully saturated rings. The minimum atomic E-state index is -0.843. The van der Waals surface area contributed by atoms with Crippen LogP contribution in [0.3, 0.4) is 0 Å². The Labute approximate surface area is 241 Å². The van der Waals surface area contributed by atoms with Gasteiger partial charge in [0.25, 0.3) is 0 Å². The van der Waals surface area contributed by atoms with Crippen molar-refractivity contribution in [1.29, 1.82) is 0 Å². The summed E-state index contributed by atoms with van der Waals surface area (Å²) in [5.41, 5.74) is 1.73. The summed E-state index contributed by atoms with van der Waals surface area (Å²) in [6.07, 6.45) is 3.68. The molecule has 2 bridgehead atoms. The van der Waals surface area contributed by atoms with Crippen molar-refractivity contribution in [2.45, 2.75) is 36.9 Å². The Hall–Kier alpha value is -2.93. The van der Waals surface area contributed by atoms with Crippen molar-refractivity contribution in [3.8, 4) is 22.8 Å². The first-order valence-electron chi connectivity index (χ1n) is 13.0. The van der Waals surface area contributed by atoms with E-state index >= 15 is 0 Å². The fourth-order valence-corrected chi connectivity index (χ4v) is 6.09. The Morgan fingerprint density at radius 3 is 2.42 bits per heavy atom. The zero-order valence-corrected chi connectivity index (χ0v) is 23.6. The minimum absolute atomic E-state index is 0.147. The molecule has 40 heavy (non-hydrogen) atoms. The Bertz CT molecular complexity index is 1400. The summed E-state index contributed by atoms with van der Waals surface area (Å²) in [7, 11) is 3.07. The number of piperidine rings is 1. The van der Waals surface area contributed by atoms with Crippen LogP contribution >= 0.6 is 23.2 Å². The van der Waals surface area contributed by atoms with E-state index in [-0.39, 0.29) is 24.3 Å². The SMILES string of the molecule is C=CC(O)N[C@H]1COC[C@H]1Nc1ncc2cc(-c3c(Cl)c(OC)cc(OC)c3Cl)nc(N3CC4CC(C3)O4)c2n1. The van der Waals surface area contributed by atoms with Crippen LogP contribution in [0.1, 0.15) is 6.42 Å². The number of morpholine rings is 1. The van der Waals surface area contributed by atoms with Gasteiger partial charge in [-0.15, -0.1) is 0 Å². The molecule has 0 saturated carbocycles. The number of nitrogens with one attached hydrogen (secondary N) is 2. The summed E-state index contributed by atoms with van der Waals surface area (Å²) in [6.45, 7) is 5.88. The number of nitrogens with zero attached hydrogens (tertiary/aromatic N) is 4. The second-order valence-electron chi connectivity index (χ2n) is 10.0. The van der Waals surface area contributed by atoms with E-state index in [4.69, 9.17) is 52.1 Å². The predicted molar refractivity (Wildman–Crippen MR) is 153 cm³/mol. The standard InChI is InChI=1S/C27H30Cl2N6O5/c1-4-21(36)31-17-11-39-12-18(17)33-27-30-8-13-5-16(22-23(28)19(37-2)7-20(38-3)24(22)29)32-26(25(13)34-27)35-9-14-6-15(10-35)40-14/h4-5,7-8,14-15,17-18,21,31,36H,1,6,9-12H2,2-3H3,(H,30,33,34)/t14?,15?,17-,18+,21?/m0/s1. The van der Waals surface area contributed by atoms with Crippen LogP contribution < -0.4 is 25.0 Å². The van der Waals surface area contributed by atoms with Gasteiger partial charge < -0.3 is 34.3 Å². The Kier molecular flexibility index (Phi) is 7.60. The number of pyridine rings is 1. The van der Waals surface area contributed by atoms with Crippen LogP contribution in [0.5, 0.6) is 11.5 Å². The number of rotatable bonds is 9. The Morgan fingerprint density at radius 1 is 1.10 bits per heavy atom. The molecule has 4 saturated heterocycles. The maximum atomic E-state index is 9.97. The van der Waals surface area contributed by atoms with Crippen molar-refractivity contribution in [2.75, 3.05) is 50.7 Å². The van der Waals surface area contributed by atoms with Gasteiger partial charge >= 0.3 is 0 Å². The van der Waals surface area contributed by atoms with Crippen LogP contribution in [0.25, 0.3) is 22.2 Å². The maximum Gasteiger partial charge on any atom is 0.223 e. The lowest BCUT2D eigenvalue weighted by molar-refractivity contribution is -0.133. The molecular formula is C27H30Cl2N6O5. The second-order valence-corrected chi connectivity index (χ2v) is 10.8. The van der Waals surface area contributed by atoms with Crippen molar-refractivity contribution >= 4 is 45.9 Å². The van der Waals surface area contributed by atoms with Crippen LogP contribution in [-0.2, 0) is 9.47 Å². The summed E-state index contributed by atoms with van der Waals surface area (Å²) in [5.74, 6) is 1.96. The quantitative estimate of drug-likeness (QED) is 0.252. The molecule has 4 aliphatic rings. The molecular weight excluding hydrogens is 559 g/mol. The number of hydrogen-bond donors (Lipinski definition) is 3. The number of halogens is 2. The van der Waals surface area contributed by atoms with Crippen molar-refractivity contribution in [3.05, 3.63) is 41.0 Å². The summed E-state index contributed by atoms with van der Waals surface area (Å²) < 4.78 is 22.5. The van der Waals surface area contributed by atoms with Crippen LogP contribution in [0.2, 0.25) is 10.0 Å². The van der Waals surface area contributed by atoms with Crippen LogP contribution in [0.4, 0.5) is 11.8 Å². The molecule has 1 aromatic carbocycles. The van der Waals surface area contributed by atoms with E-state index < -0.39 is 6.23 Å². The summed E-state index contributed by atoms with van der Waals surface area (Å²) >= 11 is 13.5. The summed E-state index contributed by atoms with van der Waals surface area (Å²) in [4.78, 5) is 16.7. The van der Waals surface area contributed by atoms with Gasteiger partial charge in [0.2, 0.25) is 5.95 Å². The predicted octanol–water partition coefficient (Wildman–Crippen LogP) is 3.27. The van der Waals surface area contributed by atoms with Gasteiger partial charge in [-0.25, -0.2) is 15.0 Å². The average Bonchev–Trinajstić information content (AvgIpc) is 3.38. The second kappa shape index (κ2) is 11.2. The first-order chi connectivity index (χ1) is 19.4. The number of aliphatic hydroxyl groups is 1. The molecule has 13 heteroatoms. The zero-order chi connectivity index (χ0) is 28.0. The molecule has 0 aliphatic carbocycles. The molecule has 212 valence electrons. The molecule has 11 nitrogen and oxygen atoms in total. The first kappa shape index (κ1) is 27.3. The Morgan fingerprint density at radius 2 is 1.77 bits per heavy atom. The van der Waals surface area contributed by atoms with E-state index in [0.29, 0.717) is 76.4 Å². The molecule has 0 amide bonds. The van der Waals surface area contributed by atoms with Crippen molar-refractivity contribution in [1.82, 2.24) is 20.3 Å². The van der Waals surface area contributed by atoms with Gasteiger partial charge in [0, 0.05) is 42.7 Å². The van der Waals surface area contributed by atoms with Gasteiger partial charge in [-0.2, -0.15) is 0 Å². The molecule has 2 aromatic heterocycles. The largest absolute Gasteiger partial charge is 0.495 e. The lowest BCUT2D eigenvalue weighted by Gasteiger charge is -2.47. The fourth-order valence-electron chi connectivity index (χ4n) is 5.39. The third-order valence-electron chi connectivity index (χ3n) is 7.44. The van der Waals surface area contributed by atoms with Gasteiger partial charge in [-0.3, -0.25) is 5.32 Å². The van der Waals surface area contributed by atoms with E-state index in [9.17, 15) is 5.11 Å². The maximum absolute atomic E-state index is 9.97. The summed E-state index contributed by atoms with van der Waals surface area (Å²) in [6, 6.07) is 3.21. The lowest BCUT2D eigenvalue weighted by atomic mass is 9.98. The number of methoxy groups -OCH3 is 2. The van der Waals surface area contributed by atoms with Gasteiger partial charge in [0.1, 0.15) is 23.2 Å². The van der Waals surface area contributed by atoms with Crippen LogP contribution in [0, 0.1) is 0 Å². The molecule has 0 radical (unpaired) electrons. The van der Waals surface area contributed by atoms with E-state index in [1.54, 1.807) is 12.3 Å². The number of fused-ring (bicyclic) bond motifs is 3. The van der Waals surface area contributed by atoms with Gasteiger partial charge in [-0.05, 0) is 12.1 Å². The molecule has 3 aromatic rings. The number of aromatic nitrogens is 3. The topological polar surface area (TPSA) is 123 Å². The van der Waals surface area contributed by atoms with E-state index in [1.165, 1.54) is 20.3 Å². The highest BCUT2D eigenvalue weighted by Crippen LogP contribution is 2.46. The van der Waals surface area contributed by atoms with E-state index in [1.807, 2.05) is 6.07 Å². The number of benzene rings is 1. The van der Waals surface area contributed by atoms with Gasteiger partial charge in [0.15, 0.2) is 5.82 Å². The molecule has 5 atom stereocenters. The average molecular weight is 589 g/mol. The fraction of sp³-hybridized carbons (Fsp3) is 0.444. The first-order valence-corrected chi connectivity index (χ1v) is 13.7. The highest BCUT2D eigenvalue weighted by Gasteiger charge is 2.40. The van der Waals surface area contributed by atoms with Crippen molar-refractivity contribution in [3.63, 3.8) is 0 Å². The van der Waals surface area contributed by atoms with E-state index in [2.05, 4.69) is 27.1 Å². The molecule has 6 heterocycles. The third kappa shape index (κ3) is 5.02. The monoisotopic (exact) mass is 588 g/mol. The van der Waals surface area contributed by atoms with Gasteiger partial charge in [-0.1, -0.05) is 29.8 Å². The lowest BCUT2D eigenvalue weighted by Crippen LogP contribution is -2.57. The normalized spacial score (nSPS) is 24.5. The molecule has 3 N–H and O–H groups in total. The molecule has 0 spiro atoms. The molecule has 3 unspecified atom stereocenters. The highest BCUT2D eigenvalue weighted by atomic mass is 35.5. The van der Waals surface area contributed by atoms with Crippen LogP contribution in [-0.4, -0.2) is 91.1 Å². The number of hydrogen-bond acceptors (Lipinski definition) is 11. The molecule has 4 aliphatic heterocycles. The molecule has 7 rings (SSSR count).